The number of fused-ring (bicyclic) bond motifs is 1. The van der Waals surface area contributed by atoms with E-state index in [1.54, 1.807) is 23.0 Å². The topological polar surface area (TPSA) is 61.3 Å². The number of hydrogen-bond donors (Lipinski definition) is 1. The summed E-state index contributed by atoms with van der Waals surface area (Å²) >= 11 is 0. The summed E-state index contributed by atoms with van der Waals surface area (Å²) in [4.78, 5) is 3.93. The van der Waals surface area contributed by atoms with Crippen molar-refractivity contribution in [1.29, 1.82) is 5.26 Å². The molecule has 0 radical (unpaired) electrons. The smallest absolute Gasteiger partial charge is 0.158 e. The first-order chi connectivity index (χ1) is 5.83. The van der Waals surface area contributed by atoms with Crippen LogP contribution in [0.5, 0.6) is 5.75 Å². The minimum absolute atomic E-state index is 0.0313. The molecule has 0 saturated heterocycles. The van der Waals surface area contributed by atoms with Crippen LogP contribution in [0.4, 0.5) is 0 Å². The Balaban J connectivity index is 2.94. The van der Waals surface area contributed by atoms with Gasteiger partial charge in [-0.1, -0.05) is 0 Å². The molecule has 2 aromatic heterocycles. The van der Waals surface area contributed by atoms with Gasteiger partial charge in [0.1, 0.15) is 17.4 Å². The van der Waals surface area contributed by atoms with Crippen LogP contribution in [-0.2, 0) is 0 Å². The van der Waals surface area contributed by atoms with Crippen LogP contribution in [0.1, 0.15) is 5.56 Å². The van der Waals surface area contributed by atoms with Crippen LogP contribution < -0.4 is 0 Å². The fourth-order valence-electron chi connectivity index (χ4n) is 1.08. The van der Waals surface area contributed by atoms with Crippen LogP contribution in [0.2, 0.25) is 0 Å². The van der Waals surface area contributed by atoms with E-state index in [9.17, 15) is 5.11 Å². The SMILES string of the molecule is N#Cc1c(O)ccn2ccnc12. The number of nitrogens with zero attached hydrogens (tertiary/aromatic N) is 3. The largest absolute Gasteiger partial charge is 0.506 e. The Labute approximate surface area is 68.3 Å². The molecule has 0 unspecified atom stereocenters. The normalized spacial score (nSPS) is 9.92. The average Bonchev–Trinajstić information content (AvgIpc) is 2.52. The molecule has 2 rings (SSSR count). The zero-order chi connectivity index (χ0) is 8.55. The first-order valence-electron chi connectivity index (χ1n) is 3.37. The molecular formula is C8H5N3O. The second kappa shape index (κ2) is 2.24. The number of imidazole rings is 1. The van der Waals surface area contributed by atoms with Crippen molar-refractivity contribution in [2.75, 3.05) is 0 Å². The van der Waals surface area contributed by atoms with Crippen molar-refractivity contribution >= 4 is 5.65 Å². The van der Waals surface area contributed by atoms with Gasteiger partial charge in [-0.25, -0.2) is 4.98 Å². The number of hydrogen-bond acceptors (Lipinski definition) is 3. The average molecular weight is 159 g/mol. The van der Waals surface area contributed by atoms with Gasteiger partial charge >= 0.3 is 0 Å². The van der Waals surface area contributed by atoms with Gasteiger partial charge in [-0.3, -0.25) is 0 Å². The molecule has 0 aliphatic heterocycles. The van der Waals surface area contributed by atoms with E-state index in [2.05, 4.69) is 4.98 Å². The molecule has 0 amide bonds. The van der Waals surface area contributed by atoms with Gasteiger partial charge in [-0.15, -0.1) is 0 Å². The third-order valence-electron chi connectivity index (χ3n) is 1.65. The summed E-state index contributed by atoms with van der Waals surface area (Å²) in [6.07, 6.45) is 4.95. The summed E-state index contributed by atoms with van der Waals surface area (Å²) in [6.45, 7) is 0. The highest BCUT2D eigenvalue weighted by Gasteiger charge is 2.06. The molecule has 0 atom stereocenters. The summed E-state index contributed by atoms with van der Waals surface area (Å²) in [5, 5.41) is 17.9. The predicted octanol–water partition coefficient (Wildman–Crippen LogP) is 0.912. The van der Waals surface area contributed by atoms with Crippen molar-refractivity contribution in [2.45, 2.75) is 0 Å². The Bertz CT molecular complexity index is 467. The van der Waals surface area contributed by atoms with Crippen LogP contribution in [-0.4, -0.2) is 14.5 Å². The summed E-state index contributed by atoms with van der Waals surface area (Å²) in [5.41, 5.74) is 0.694. The van der Waals surface area contributed by atoms with Crippen LogP contribution in [0.15, 0.2) is 24.7 Å². The van der Waals surface area contributed by atoms with Crippen molar-refractivity contribution in [3.05, 3.63) is 30.2 Å². The molecule has 0 aromatic carbocycles. The van der Waals surface area contributed by atoms with Crippen molar-refractivity contribution < 1.29 is 5.11 Å². The number of rotatable bonds is 0. The molecule has 0 bridgehead atoms. The summed E-state index contributed by atoms with van der Waals surface area (Å²) in [6, 6.07) is 3.36. The fraction of sp³-hybridized carbons (Fsp3) is 0. The van der Waals surface area contributed by atoms with Gasteiger partial charge < -0.3 is 9.51 Å². The second-order valence-corrected chi connectivity index (χ2v) is 2.35. The maximum atomic E-state index is 9.25. The van der Waals surface area contributed by atoms with E-state index in [0.717, 1.165) is 0 Å². The van der Waals surface area contributed by atoms with Crippen molar-refractivity contribution in [3.8, 4) is 11.8 Å². The lowest BCUT2D eigenvalue weighted by molar-refractivity contribution is 0.473. The molecule has 2 aromatic rings. The summed E-state index contributed by atoms with van der Waals surface area (Å²) < 4.78 is 1.68. The molecule has 0 fully saturated rings. The zero-order valence-electron chi connectivity index (χ0n) is 6.10. The van der Waals surface area contributed by atoms with E-state index in [0.29, 0.717) is 5.65 Å². The zero-order valence-corrected chi connectivity index (χ0v) is 6.10. The van der Waals surface area contributed by atoms with Gasteiger partial charge in [-0.05, 0) is 6.07 Å². The van der Waals surface area contributed by atoms with Crippen LogP contribution in [0.25, 0.3) is 5.65 Å². The quantitative estimate of drug-likeness (QED) is 0.621. The molecule has 2 heterocycles. The number of aromatic nitrogens is 2. The summed E-state index contributed by atoms with van der Waals surface area (Å²) in [5.74, 6) is -0.0313. The highest BCUT2D eigenvalue weighted by molar-refractivity contribution is 5.61. The molecule has 0 aliphatic carbocycles. The lowest BCUT2D eigenvalue weighted by Gasteiger charge is -1.97. The maximum absolute atomic E-state index is 9.25. The lowest BCUT2D eigenvalue weighted by atomic mass is 10.3. The van der Waals surface area contributed by atoms with Crippen molar-refractivity contribution in [1.82, 2.24) is 9.38 Å². The van der Waals surface area contributed by atoms with Gasteiger partial charge in [0.15, 0.2) is 5.65 Å². The molecule has 58 valence electrons. The standard InChI is InChI=1S/C8H5N3O/c9-5-6-7(12)1-3-11-4-2-10-8(6)11/h1-4,12H. The van der Waals surface area contributed by atoms with E-state index in [4.69, 9.17) is 5.26 Å². The van der Waals surface area contributed by atoms with E-state index < -0.39 is 0 Å². The molecule has 4 heteroatoms. The van der Waals surface area contributed by atoms with Gasteiger partial charge in [0.2, 0.25) is 0 Å². The van der Waals surface area contributed by atoms with Crippen LogP contribution in [0.3, 0.4) is 0 Å². The van der Waals surface area contributed by atoms with E-state index >= 15 is 0 Å². The van der Waals surface area contributed by atoms with E-state index in [1.807, 2.05) is 6.07 Å². The van der Waals surface area contributed by atoms with Gasteiger partial charge in [0.05, 0.1) is 0 Å². The Morgan fingerprint density at radius 2 is 2.33 bits per heavy atom. The maximum Gasteiger partial charge on any atom is 0.158 e. The number of aromatic hydroxyl groups is 1. The molecule has 0 saturated carbocycles. The minimum Gasteiger partial charge on any atom is -0.506 e. The molecule has 0 spiro atoms. The molecule has 12 heavy (non-hydrogen) atoms. The Morgan fingerprint density at radius 3 is 3.08 bits per heavy atom. The third kappa shape index (κ3) is 0.736. The van der Waals surface area contributed by atoms with Gasteiger partial charge in [0, 0.05) is 18.6 Å². The Kier molecular flexibility index (Phi) is 1.25. The molecule has 1 N–H and O–H groups in total. The van der Waals surface area contributed by atoms with E-state index in [1.165, 1.54) is 6.07 Å². The lowest BCUT2D eigenvalue weighted by Crippen LogP contribution is -1.87. The fourth-order valence-corrected chi connectivity index (χ4v) is 1.08. The molecular weight excluding hydrogens is 154 g/mol. The number of nitriles is 1. The van der Waals surface area contributed by atoms with Crippen LogP contribution >= 0.6 is 0 Å². The predicted molar refractivity (Wildman–Crippen MR) is 41.6 cm³/mol. The third-order valence-corrected chi connectivity index (χ3v) is 1.65. The highest BCUT2D eigenvalue weighted by Crippen LogP contribution is 2.18. The molecule has 4 nitrogen and oxygen atoms in total. The minimum atomic E-state index is -0.0313. The Morgan fingerprint density at radius 1 is 1.50 bits per heavy atom. The van der Waals surface area contributed by atoms with Gasteiger partial charge in [-0.2, -0.15) is 5.26 Å². The van der Waals surface area contributed by atoms with Crippen molar-refractivity contribution in [2.24, 2.45) is 0 Å². The first kappa shape index (κ1) is 6.68. The number of pyridine rings is 1. The monoisotopic (exact) mass is 159 g/mol. The molecule has 0 aliphatic rings. The van der Waals surface area contributed by atoms with Crippen LogP contribution in [0, 0.1) is 11.3 Å². The van der Waals surface area contributed by atoms with E-state index in [-0.39, 0.29) is 11.3 Å². The Hall–Kier alpha value is -2.02. The second-order valence-electron chi connectivity index (χ2n) is 2.35. The first-order valence-corrected chi connectivity index (χ1v) is 3.37. The highest BCUT2D eigenvalue weighted by atomic mass is 16.3. The summed E-state index contributed by atoms with van der Waals surface area (Å²) in [7, 11) is 0. The van der Waals surface area contributed by atoms with Gasteiger partial charge in [0.25, 0.3) is 0 Å². The van der Waals surface area contributed by atoms with Crippen molar-refractivity contribution in [3.63, 3.8) is 0 Å².